The molecule has 0 spiro atoms. The molecule has 1 aliphatic carbocycles. The molecule has 1 N–H and O–H groups in total. The number of azo groups is 1. The molecular formula is C21H24N2O4S. The van der Waals surface area contributed by atoms with Crippen LogP contribution in [0.4, 0.5) is 11.4 Å². The minimum absolute atomic E-state index is 0.0751. The van der Waals surface area contributed by atoms with Gasteiger partial charge in [0.25, 0.3) is 0 Å². The first-order valence-corrected chi connectivity index (χ1v) is 11.1. The van der Waals surface area contributed by atoms with E-state index in [1.807, 2.05) is 30.3 Å². The summed E-state index contributed by atoms with van der Waals surface area (Å²) in [5.74, 6) is -0.936. The van der Waals surface area contributed by atoms with Crippen LogP contribution >= 0.6 is 0 Å². The molecule has 0 aromatic heterocycles. The predicted molar refractivity (Wildman–Crippen MR) is 107 cm³/mol. The third kappa shape index (κ3) is 5.11. The normalized spacial score (nSPS) is 20.3. The molecule has 0 bridgehead atoms. The smallest absolute Gasteiger partial charge is 0.178 e. The van der Waals surface area contributed by atoms with E-state index in [0.29, 0.717) is 18.5 Å². The Hall–Kier alpha value is -2.38. The van der Waals surface area contributed by atoms with Gasteiger partial charge in [0.2, 0.25) is 0 Å². The van der Waals surface area contributed by atoms with Crippen molar-refractivity contribution < 1.29 is 18.3 Å². The number of ketones is 1. The van der Waals surface area contributed by atoms with Crippen LogP contribution < -0.4 is 0 Å². The van der Waals surface area contributed by atoms with E-state index in [-0.39, 0.29) is 28.3 Å². The number of nitrogens with zero attached hydrogens (tertiary/aromatic N) is 2. The highest BCUT2D eigenvalue weighted by Crippen LogP contribution is 2.33. The zero-order valence-corrected chi connectivity index (χ0v) is 16.4. The molecule has 2 aromatic carbocycles. The zero-order valence-electron chi connectivity index (χ0n) is 15.6. The second-order valence-corrected chi connectivity index (χ2v) is 9.12. The molecule has 148 valence electrons. The van der Waals surface area contributed by atoms with Gasteiger partial charge in [-0.2, -0.15) is 10.2 Å². The van der Waals surface area contributed by atoms with E-state index in [2.05, 4.69) is 10.2 Å². The fourth-order valence-corrected chi connectivity index (χ4v) is 5.36. The molecule has 2 unspecified atom stereocenters. The first-order chi connectivity index (χ1) is 13.5. The molecule has 28 heavy (non-hydrogen) atoms. The maximum atomic E-state index is 12.8. The number of carbonyl (C=O) groups excluding carboxylic acids is 1. The Morgan fingerprint density at radius 1 is 0.929 bits per heavy atom. The number of Topliss-reactive ketones (excluding diaryl/α,β-unsaturated/α-hetero) is 1. The Kier molecular flexibility index (Phi) is 6.70. The van der Waals surface area contributed by atoms with Crippen LogP contribution in [0.2, 0.25) is 0 Å². The molecule has 1 saturated carbocycles. The number of sulfone groups is 1. The summed E-state index contributed by atoms with van der Waals surface area (Å²) in [4.78, 5) is 12.2. The highest BCUT2D eigenvalue weighted by Gasteiger charge is 2.34. The fraction of sp³-hybridized carbons (Fsp3) is 0.381. The summed E-state index contributed by atoms with van der Waals surface area (Å²) in [5, 5.41) is 17.4. The topological polar surface area (TPSA) is 96.2 Å². The number of benzene rings is 2. The van der Waals surface area contributed by atoms with Gasteiger partial charge in [-0.05, 0) is 55.2 Å². The quantitative estimate of drug-likeness (QED) is 0.703. The van der Waals surface area contributed by atoms with E-state index in [1.54, 1.807) is 12.1 Å². The van der Waals surface area contributed by atoms with Gasteiger partial charge in [0.1, 0.15) is 6.61 Å². The first-order valence-electron chi connectivity index (χ1n) is 9.43. The van der Waals surface area contributed by atoms with Gasteiger partial charge < -0.3 is 5.11 Å². The molecule has 0 radical (unpaired) electrons. The lowest BCUT2D eigenvalue weighted by molar-refractivity contribution is -0.128. The molecule has 2 atom stereocenters. The van der Waals surface area contributed by atoms with Crippen molar-refractivity contribution in [2.24, 2.45) is 22.1 Å². The zero-order chi connectivity index (χ0) is 20.0. The SMILES string of the molecule is O=C(CO)C1CCCCC1CS(=O)(=O)c1ccc(N=Nc2ccccc2)cc1. The lowest BCUT2D eigenvalue weighted by Gasteiger charge is -2.29. The van der Waals surface area contributed by atoms with Crippen molar-refractivity contribution in [3.8, 4) is 0 Å². The Labute approximate surface area is 165 Å². The number of carbonyl (C=O) groups is 1. The summed E-state index contributed by atoms with van der Waals surface area (Å²) < 4.78 is 25.6. The molecule has 0 heterocycles. The second kappa shape index (κ2) is 9.21. The molecule has 0 saturated heterocycles. The molecule has 0 amide bonds. The lowest BCUT2D eigenvalue weighted by Crippen LogP contribution is -2.33. The Morgan fingerprint density at radius 3 is 2.18 bits per heavy atom. The van der Waals surface area contributed by atoms with Crippen molar-refractivity contribution in [3.05, 3.63) is 54.6 Å². The van der Waals surface area contributed by atoms with Gasteiger partial charge in [-0.3, -0.25) is 4.79 Å². The standard InChI is InChI=1S/C21H24N2O4S/c24-14-21(25)20-9-5-4-6-16(20)15-28(26,27)19-12-10-18(11-13-19)23-22-17-7-2-1-3-8-17/h1-3,7-8,10-13,16,20,24H,4-6,9,14-15H2. The van der Waals surface area contributed by atoms with Crippen molar-refractivity contribution in [2.45, 2.75) is 30.6 Å². The summed E-state index contributed by atoms with van der Waals surface area (Å²) >= 11 is 0. The maximum Gasteiger partial charge on any atom is 0.178 e. The molecule has 3 rings (SSSR count). The van der Waals surface area contributed by atoms with Crippen LogP contribution in [0.3, 0.4) is 0 Å². The molecule has 1 aliphatic rings. The van der Waals surface area contributed by atoms with Crippen molar-refractivity contribution >= 4 is 27.0 Å². The number of rotatable bonds is 7. The first kappa shape index (κ1) is 20.4. The highest BCUT2D eigenvalue weighted by molar-refractivity contribution is 7.91. The van der Waals surface area contributed by atoms with Gasteiger partial charge in [0.15, 0.2) is 15.6 Å². The van der Waals surface area contributed by atoms with E-state index in [9.17, 15) is 13.2 Å². The van der Waals surface area contributed by atoms with Gasteiger partial charge in [-0.1, -0.05) is 31.0 Å². The third-order valence-corrected chi connectivity index (χ3v) is 7.00. The van der Waals surface area contributed by atoms with E-state index < -0.39 is 16.4 Å². The lowest BCUT2D eigenvalue weighted by atomic mass is 9.78. The van der Waals surface area contributed by atoms with E-state index in [4.69, 9.17) is 5.11 Å². The summed E-state index contributed by atoms with van der Waals surface area (Å²) in [6.07, 6.45) is 3.15. The minimum atomic E-state index is -3.52. The van der Waals surface area contributed by atoms with Gasteiger partial charge in [0.05, 0.1) is 22.0 Å². The van der Waals surface area contributed by atoms with Crippen LogP contribution in [0, 0.1) is 11.8 Å². The number of hydrogen-bond donors (Lipinski definition) is 1. The monoisotopic (exact) mass is 400 g/mol. The number of aliphatic hydroxyl groups excluding tert-OH is 1. The number of aliphatic hydroxyl groups is 1. The van der Waals surface area contributed by atoms with E-state index >= 15 is 0 Å². The Morgan fingerprint density at radius 2 is 1.54 bits per heavy atom. The summed E-state index contributed by atoms with van der Waals surface area (Å²) in [7, 11) is -3.52. The highest BCUT2D eigenvalue weighted by atomic mass is 32.2. The van der Waals surface area contributed by atoms with Gasteiger partial charge in [-0.25, -0.2) is 8.42 Å². The largest absolute Gasteiger partial charge is 0.389 e. The average Bonchev–Trinajstić information content (AvgIpc) is 2.73. The molecule has 0 aliphatic heterocycles. The summed E-state index contributed by atoms with van der Waals surface area (Å²) in [6, 6.07) is 15.6. The molecular weight excluding hydrogens is 376 g/mol. The minimum Gasteiger partial charge on any atom is -0.389 e. The van der Waals surface area contributed by atoms with Gasteiger partial charge in [-0.15, -0.1) is 0 Å². The van der Waals surface area contributed by atoms with E-state index in [0.717, 1.165) is 18.5 Å². The molecule has 7 heteroatoms. The predicted octanol–water partition coefficient (Wildman–Crippen LogP) is 4.24. The fourth-order valence-electron chi connectivity index (χ4n) is 3.66. The van der Waals surface area contributed by atoms with Crippen molar-refractivity contribution in [1.82, 2.24) is 0 Å². The number of hydrogen-bond acceptors (Lipinski definition) is 6. The van der Waals surface area contributed by atoms with Crippen LogP contribution in [0.1, 0.15) is 25.7 Å². The molecule has 2 aromatic rings. The van der Waals surface area contributed by atoms with Crippen molar-refractivity contribution in [2.75, 3.05) is 12.4 Å². The molecule has 6 nitrogen and oxygen atoms in total. The maximum absolute atomic E-state index is 12.8. The third-order valence-electron chi connectivity index (χ3n) is 5.14. The van der Waals surface area contributed by atoms with E-state index in [1.165, 1.54) is 12.1 Å². The van der Waals surface area contributed by atoms with Gasteiger partial charge in [0, 0.05) is 5.92 Å². The van der Waals surface area contributed by atoms with Crippen molar-refractivity contribution in [1.29, 1.82) is 0 Å². The van der Waals surface area contributed by atoms with Crippen LogP contribution in [-0.4, -0.2) is 31.7 Å². The average molecular weight is 401 g/mol. The summed E-state index contributed by atoms with van der Waals surface area (Å²) in [6.45, 7) is -0.525. The van der Waals surface area contributed by atoms with Crippen LogP contribution in [0.15, 0.2) is 69.7 Å². The van der Waals surface area contributed by atoms with Crippen LogP contribution in [0.5, 0.6) is 0 Å². The summed E-state index contributed by atoms with van der Waals surface area (Å²) in [5.41, 5.74) is 1.28. The van der Waals surface area contributed by atoms with Crippen LogP contribution in [0.25, 0.3) is 0 Å². The van der Waals surface area contributed by atoms with Gasteiger partial charge >= 0.3 is 0 Å². The molecule has 1 fully saturated rings. The van der Waals surface area contributed by atoms with Crippen LogP contribution in [-0.2, 0) is 14.6 Å². The second-order valence-electron chi connectivity index (χ2n) is 7.09. The van der Waals surface area contributed by atoms with Crippen molar-refractivity contribution in [3.63, 3.8) is 0 Å². The Balaban J connectivity index is 1.71. The Bertz CT molecular complexity index is 925.